The molecule has 0 aliphatic rings. The minimum atomic E-state index is -1.19. The van der Waals surface area contributed by atoms with Gasteiger partial charge in [0.15, 0.2) is 0 Å². The van der Waals surface area contributed by atoms with Crippen molar-refractivity contribution in [3.8, 4) is 0 Å². The molecule has 0 spiro atoms. The van der Waals surface area contributed by atoms with Crippen LogP contribution in [0.5, 0.6) is 0 Å². The third kappa shape index (κ3) is 4.64. The molecule has 20 heavy (non-hydrogen) atoms. The van der Waals surface area contributed by atoms with Crippen LogP contribution in [0, 0.1) is 0 Å². The highest BCUT2D eigenvalue weighted by Gasteiger charge is 2.22. The predicted octanol–water partition coefficient (Wildman–Crippen LogP) is -0.0675. The molecule has 0 radical (unpaired) electrons. The summed E-state index contributed by atoms with van der Waals surface area (Å²) in [6, 6.07) is 6.74. The topological polar surface area (TPSA) is 95.9 Å². The van der Waals surface area contributed by atoms with Gasteiger partial charge in [-0.25, -0.2) is 0 Å². The fourth-order valence-electron chi connectivity index (χ4n) is 1.78. The molecule has 3 N–H and O–H groups in total. The van der Waals surface area contributed by atoms with Gasteiger partial charge in [-0.15, -0.1) is 0 Å². The van der Waals surface area contributed by atoms with E-state index in [9.17, 15) is 19.8 Å². The molecule has 0 heterocycles. The molecule has 1 rings (SSSR count). The van der Waals surface area contributed by atoms with Crippen molar-refractivity contribution in [1.29, 1.82) is 0 Å². The van der Waals surface area contributed by atoms with Gasteiger partial charge >= 0.3 is 5.97 Å². The summed E-state index contributed by atoms with van der Waals surface area (Å²) in [5, 5.41) is 22.4. The summed E-state index contributed by atoms with van der Waals surface area (Å²) in [6.07, 6.45) is -2.34. The second-order valence-electron chi connectivity index (χ2n) is 4.40. The number of nitrogens with one attached hydrogen (secondary N) is 1. The van der Waals surface area contributed by atoms with Crippen molar-refractivity contribution in [3.05, 3.63) is 35.4 Å². The molecule has 6 nitrogen and oxygen atoms in total. The van der Waals surface area contributed by atoms with Crippen LogP contribution in [0.15, 0.2) is 24.3 Å². The van der Waals surface area contributed by atoms with Crippen LogP contribution in [0.1, 0.15) is 24.2 Å². The number of esters is 1. The van der Waals surface area contributed by atoms with Gasteiger partial charge in [0, 0.05) is 13.5 Å². The Bertz CT molecular complexity index is 474. The summed E-state index contributed by atoms with van der Waals surface area (Å²) in [4.78, 5) is 22.1. The number of aliphatic hydroxyl groups is 2. The minimum absolute atomic E-state index is 0.0105. The van der Waals surface area contributed by atoms with Crippen LogP contribution in [0.25, 0.3) is 0 Å². The molecule has 0 saturated carbocycles. The number of carbonyl (C=O) groups is 2. The van der Waals surface area contributed by atoms with Crippen LogP contribution in [-0.4, -0.2) is 41.8 Å². The number of ether oxygens (including phenoxy) is 1. The Kier molecular flexibility index (Phi) is 6.14. The highest BCUT2D eigenvalue weighted by Crippen LogP contribution is 2.21. The summed E-state index contributed by atoms with van der Waals surface area (Å²) in [5.41, 5.74) is 1.02. The van der Waals surface area contributed by atoms with E-state index in [0.717, 1.165) is 0 Å². The number of methoxy groups -OCH3 is 1. The zero-order chi connectivity index (χ0) is 15.1. The van der Waals surface area contributed by atoms with Crippen LogP contribution in [0.3, 0.4) is 0 Å². The average molecular weight is 281 g/mol. The first-order chi connectivity index (χ1) is 9.45. The van der Waals surface area contributed by atoms with Gasteiger partial charge < -0.3 is 20.3 Å². The van der Waals surface area contributed by atoms with Crippen molar-refractivity contribution in [2.24, 2.45) is 0 Å². The molecule has 6 heteroatoms. The van der Waals surface area contributed by atoms with E-state index in [1.54, 1.807) is 24.3 Å². The van der Waals surface area contributed by atoms with Gasteiger partial charge in [-0.05, 0) is 11.1 Å². The van der Waals surface area contributed by atoms with E-state index in [-0.39, 0.29) is 18.9 Å². The summed E-state index contributed by atoms with van der Waals surface area (Å²) in [5.74, 6) is -0.722. The Morgan fingerprint density at radius 3 is 2.55 bits per heavy atom. The molecule has 0 bridgehead atoms. The zero-order valence-electron chi connectivity index (χ0n) is 11.5. The molecule has 2 atom stereocenters. The van der Waals surface area contributed by atoms with Crippen molar-refractivity contribution in [2.75, 3.05) is 13.7 Å². The van der Waals surface area contributed by atoms with Gasteiger partial charge in [-0.2, -0.15) is 0 Å². The summed E-state index contributed by atoms with van der Waals surface area (Å²) in [6.45, 7) is 1.26. The van der Waals surface area contributed by atoms with E-state index in [1.807, 2.05) is 0 Å². The van der Waals surface area contributed by atoms with Crippen LogP contribution in [0.2, 0.25) is 0 Å². The van der Waals surface area contributed by atoms with Gasteiger partial charge in [-0.1, -0.05) is 24.3 Å². The maximum Gasteiger partial charge on any atom is 0.309 e. The number of hydrogen-bond donors (Lipinski definition) is 3. The van der Waals surface area contributed by atoms with Crippen LogP contribution < -0.4 is 5.32 Å². The van der Waals surface area contributed by atoms with Crippen molar-refractivity contribution in [1.82, 2.24) is 5.32 Å². The smallest absolute Gasteiger partial charge is 0.309 e. The van der Waals surface area contributed by atoms with E-state index in [0.29, 0.717) is 11.1 Å². The molecule has 1 amide bonds. The van der Waals surface area contributed by atoms with Crippen molar-refractivity contribution in [2.45, 2.75) is 25.6 Å². The molecule has 1 aromatic carbocycles. The monoisotopic (exact) mass is 281 g/mol. The van der Waals surface area contributed by atoms with E-state index in [1.165, 1.54) is 14.0 Å². The lowest BCUT2D eigenvalue weighted by atomic mass is 9.96. The highest BCUT2D eigenvalue weighted by molar-refractivity contribution is 5.73. The predicted molar refractivity (Wildman–Crippen MR) is 71.8 cm³/mol. The fourth-order valence-corrected chi connectivity index (χ4v) is 1.78. The Hall–Kier alpha value is -1.92. The minimum Gasteiger partial charge on any atom is -0.469 e. The molecule has 1 aromatic rings. The first-order valence-corrected chi connectivity index (χ1v) is 6.21. The summed E-state index contributed by atoms with van der Waals surface area (Å²) in [7, 11) is 1.28. The molecule has 0 aromatic heterocycles. The highest BCUT2D eigenvalue weighted by atomic mass is 16.5. The Morgan fingerprint density at radius 2 is 1.95 bits per heavy atom. The lowest BCUT2D eigenvalue weighted by Crippen LogP contribution is -2.34. The Morgan fingerprint density at radius 1 is 1.30 bits per heavy atom. The number of hydrogen-bond acceptors (Lipinski definition) is 5. The van der Waals surface area contributed by atoms with E-state index in [4.69, 9.17) is 0 Å². The third-order valence-corrected chi connectivity index (χ3v) is 2.86. The van der Waals surface area contributed by atoms with E-state index in [2.05, 4.69) is 10.1 Å². The molecule has 0 aliphatic heterocycles. The second-order valence-corrected chi connectivity index (χ2v) is 4.40. The van der Waals surface area contributed by atoms with E-state index < -0.39 is 18.2 Å². The SMILES string of the molecule is COC(=O)Cc1ccccc1C(O)C(O)CNC(C)=O. The molecule has 2 unspecified atom stereocenters. The summed E-state index contributed by atoms with van der Waals surface area (Å²) >= 11 is 0. The largest absolute Gasteiger partial charge is 0.469 e. The lowest BCUT2D eigenvalue weighted by Gasteiger charge is -2.20. The Labute approximate surface area is 117 Å². The lowest BCUT2D eigenvalue weighted by molar-refractivity contribution is -0.139. The first kappa shape index (κ1) is 16.1. The third-order valence-electron chi connectivity index (χ3n) is 2.86. The number of rotatable bonds is 6. The normalized spacial score (nSPS) is 13.4. The quantitative estimate of drug-likeness (QED) is 0.634. The van der Waals surface area contributed by atoms with Crippen LogP contribution in [-0.2, 0) is 20.7 Å². The van der Waals surface area contributed by atoms with Gasteiger partial charge in [0.1, 0.15) is 12.2 Å². The van der Waals surface area contributed by atoms with Gasteiger partial charge in [0.2, 0.25) is 5.91 Å². The maximum atomic E-state index is 11.3. The Balaban J connectivity index is 2.83. The molecule has 0 fully saturated rings. The molecule has 0 saturated heterocycles. The first-order valence-electron chi connectivity index (χ1n) is 6.21. The number of aliphatic hydroxyl groups excluding tert-OH is 2. The van der Waals surface area contributed by atoms with Crippen LogP contribution >= 0.6 is 0 Å². The van der Waals surface area contributed by atoms with Crippen LogP contribution in [0.4, 0.5) is 0 Å². The van der Waals surface area contributed by atoms with Gasteiger partial charge in [-0.3, -0.25) is 9.59 Å². The van der Waals surface area contributed by atoms with Gasteiger partial charge in [0.25, 0.3) is 0 Å². The standard InChI is InChI=1S/C14H19NO5/c1-9(16)15-8-12(17)14(19)11-6-4-3-5-10(11)7-13(18)20-2/h3-6,12,14,17,19H,7-8H2,1-2H3,(H,15,16). The van der Waals surface area contributed by atoms with Crippen molar-refractivity contribution >= 4 is 11.9 Å². The maximum absolute atomic E-state index is 11.3. The van der Waals surface area contributed by atoms with Crippen molar-refractivity contribution < 1.29 is 24.5 Å². The molecule has 110 valence electrons. The number of benzene rings is 1. The average Bonchev–Trinajstić information content (AvgIpc) is 2.44. The molecular weight excluding hydrogens is 262 g/mol. The number of carbonyl (C=O) groups excluding carboxylic acids is 2. The zero-order valence-corrected chi connectivity index (χ0v) is 11.5. The summed E-state index contributed by atoms with van der Waals surface area (Å²) < 4.78 is 4.59. The fraction of sp³-hybridized carbons (Fsp3) is 0.429. The van der Waals surface area contributed by atoms with Gasteiger partial charge in [0.05, 0.1) is 13.5 Å². The van der Waals surface area contributed by atoms with E-state index >= 15 is 0 Å². The number of amides is 1. The molecule has 0 aliphatic carbocycles. The second kappa shape index (κ2) is 7.62. The van der Waals surface area contributed by atoms with Crippen molar-refractivity contribution in [3.63, 3.8) is 0 Å². The molecular formula is C14H19NO5.